The maximum absolute atomic E-state index is 12.6. The van der Waals surface area contributed by atoms with Crippen molar-refractivity contribution < 1.29 is 23.1 Å². The molecule has 0 aromatic heterocycles. The molecule has 3 rings (SSSR count). The van der Waals surface area contributed by atoms with Gasteiger partial charge in [0.1, 0.15) is 5.75 Å². The van der Waals surface area contributed by atoms with E-state index in [1.807, 2.05) is 11.9 Å². The van der Waals surface area contributed by atoms with E-state index in [9.17, 15) is 18.4 Å². The Bertz CT molecular complexity index is 717. The predicted molar refractivity (Wildman–Crippen MR) is 109 cm³/mol. The molecule has 0 bridgehead atoms. The highest BCUT2D eigenvalue weighted by Gasteiger charge is 2.26. The van der Waals surface area contributed by atoms with Crippen LogP contribution in [0.15, 0.2) is 24.3 Å². The summed E-state index contributed by atoms with van der Waals surface area (Å²) in [7, 11) is 1.91. The molecule has 30 heavy (non-hydrogen) atoms. The minimum atomic E-state index is -2.89. The van der Waals surface area contributed by atoms with E-state index in [1.54, 1.807) is 17.0 Å². The van der Waals surface area contributed by atoms with Gasteiger partial charge < -0.3 is 14.5 Å². The largest absolute Gasteiger partial charge is 0.435 e. The van der Waals surface area contributed by atoms with E-state index in [1.165, 1.54) is 31.4 Å². The third-order valence-corrected chi connectivity index (χ3v) is 6.08. The molecule has 1 aromatic carbocycles. The van der Waals surface area contributed by atoms with Gasteiger partial charge in [-0.3, -0.25) is 14.5 Å². The fraction of sp³-hybridized carbons (Fsp3) is 0.636. The van der Waals surface area contributed by atoms with Gasteiger partial charge in [-0.1, -0.05) is 31.4 Å². The summed E-state index contributed by atoms with van der Waals surface area (Å²) in [6.45, 7) is -0.0559. The molecule has 1 aliphatic carbocycles. The second-order valence-electron chi connectivity index (χ2n) is 8.16. The van der Waals surface area contributed by atoms with Gasteiger partial charge in [0, 0.05) is 39.3 Å². The van der Waals surface area contributed by atoms with Crippen LogP contribution < -0.4 is 4.74 Å². The molecule has 2 aliphatic rings. The van der Waals surface area contributed by atoms with Crippen molar-refractivity contribution in [2.24, 2.45) is 0 Å². The van der Waals surface area contributed by atoms with Crippen LogP contribution in [0.4, 0.5) is 8.78 Å². The van der Waals surface area contributed by atoms with Gasteiger partial charge in [-0.25, -0.2) is 0 Å². The highest BCUT2D eigenvalue weighted by Crippen LogP contribution is 2.22. The summed E-state index contributed by atoms with van der Waals surface area (Å²) in [5.41, 5.74) is 0.643. The second-order valence-corrected chi connectivity index (χ2v) is 8.16. The van der Waals surface area contributed by atoms with Gasteiger partial charge in [0.2, 0.25) is 11.8 Å². The van der Waals surface area contributed by atoms with Crippen LogP contribution in [0, 0.1) is 0 Å². The van der Waals surface area contributed by atoms with Crippen LogP contribution in [0.1, 0.15) is 37.7 Å². The Morgan fingerprint density at radius 3 is 2.50 bits per heavy atom. The molecule has 0 atom stereocenters. The second kappa shape index (κ2) is 10.7. The molecule has 166 valence electrons. The van der Waals surface area contributed by atoms with Gasteiger partial charge in [0.05, 0.1) is 13.0 Å². The number of benzene rings is 1. The Labute approximate surface area is 176 Å². The number of hydrogen-bond acceptors (Lipinski definition) is 4. The Hall–Kier alpha value is -2.22. The molecular weight excluding hydrogens is 392 g/mol. The first-order valence-electron chi connectivity index (χ1n) is 10.7. The molecule has 0 N–H and O–H groups in total. The van der Waals surface area contributed by atoms with Crippen molar-refractivity contribution in [3.63, 3.8) is 0 Å². The van der Waals surface area contributed by atoms with Crippen molar-refractivity contribution in [1.82, 2.24) is 14.7 Å². The number of hydrogen-bond donors (Lipinski definition) is 0. The number of nitrogens with zero attached hydrogens (tertiary/aromatic N) is 3. The lowest BCUT2D eigenvalue weighted by molar-refractivity contribution is -0.135. The van der Waals surface area contributed by atoms with Crippen molar-refractivity contribution in [2.45, 2.75) is 51.2 Å². The summed E-state index contributed by atoms with van der Waals surface area (Å²) in [5, 5.41) is 0. The van der Waals surface area contributed by atoms with E-state index in [2.05, 4.69) is 9.64 Å². The number of piperazine rings is 1. The molecule has 0 unspecified atom stereocenters. The van der Waals surface area contributed by atoms with Gasteiger partial charge in [0.25, 0.3) is 0 Å². The lowest BCUT2D eigenvalue weighted by Crippen LogP contribution is -2.52. The molecule has 0 spiro atoms. The van der Waals surface area contributed by atoms with E-state index in [-0.39, 0.29) is 24.0 Å². The Balaban J connectivity index is 1.43. The molecule has 8 heteroatoms. The molecule has 1 saturated carbocycles. The monoisotopic (exact) mass is 423 g/mol. The smallest absolute Gasteiger partial charge is 0.387 e. The third-order valence-electron chi connectivity index (χ3n) is 6.08. The number of alkyl halides is 2. The van der Waals surface area contributed by atoms with Gasteiger partial charge in [-0.05, 0) is 30.5 Å². The van der Waals surface area contributed by atoms with Crippen LogP contribution in [0.2, 0.25) is 0 Å². The summed E-state index contributed by atoms with van der Waals surface area (Å²) < 4.78 is 29.1. The van der Waals surface area contributed by atoms with Crippen molar-refractivity contribution in [1.29, 1.82) is 0 Å². The summed E-state index contributed by atoms with van der Waals surface area (Å²) >= 11 is 0. The molecule has 0 radical (unpaired) electrons. The molecule has 2 amide bonds. The van der Waals surface area contributed by atoms with Gasteiger partial charge in [-0.2, -0.15) is 8.78 Å². The van der Waals surface area contributed by atoms with Gasteiger partial charge in [-0.15, -0.1) is 0 Å². The van der Waals surface area contributed by atoms with E-state index in [0.717, 1.165) is 12.8 Å². The molecule has 1 heterocycles. The minimum absolute atomic E-state index is 0.0468. The molecule has 1 aromatic rings. The summed E-state index contributed by atoms with van der Waals surface area (Å²) in [5.74, 6) is 0.160. The molecule has 1 saturated heterocycles. The summed E-state index contributed by atoms with van der Waals surface area (Å²) in [6, 6.07) is 6.61. The molecular formula is C22H31F2N3O3. The van der Waals surface area contributed by atoms with Crippen molar-refractivity contribution in [3.8, 4) is 5.75 Å². The van der Waals surface area contributed by atoms with Crippen LogP contribution in [-0.4, -0.2) is 78.9 Å². The number of amides is 2. The van der Waals surface area contributed by atoms with Crippen molar-refractivity contribution in [3.05, 3.63) is 29.8 Å². The number of halogens is 2. The maximum atomic E-state index is 12.6. The van der Waals surface area contributed by atoms with E-state index >= 15 is 0 Å². The first-order chi connectivity index (χ1) is 14.4. The van der Waals surface area contributed by atoms with Gasteiger partial charge >= 0.3 is 6.61 Å². The highest BCUT2D eigenvalue weighted by atomic mass is 19.3. The van der Waals surface area contributed by atoms with Crippen LogP contribution in [-0.2, 0) is 16.0 Å². The predicted octanol–water partition coefficient (Wildman–Crippen LogP) is 2.77. The molecule has 6 nitrogen and oxygen atoms in total. The van der Waals surface area contributed by atoms with Crippen LogP contribution in [0.5, 0.6) is 5.75 Å². The van der Waals surface area contributed by atoms with E-state index < -0.39 is 6.61 Å². The topological polar surface area (TPSA) is 53.1 Å². The Morgan fingerprint density at radius 1 is 1.13 bits per heavy atom. The van der Waals surface area contributed by atoms with Crippen LogP contribution >= 0.6 is 0 Å². The quantitative estimate of drug-likeness (QED) is 0.677. The zero-order chi connectivity index (χ0) is 21.5. The fourth-order valence-electron chi connectivity index (χ4n) is 4.25. The fourth-order valence-corrected chi connectivity index (χ4v) is 4.25. The Morgan fingerprint density at radius 2 is 1.83 bits per heavy atom. The minimum Gasteiger partial charge on any atom is -0.435 e. The van der Waals surface area contributed by atoms with Crippen LogP contribution in [0.25, 0.3) is 0 Å². The summed E-state index contributed by atoms with van der Waals surface area (Å²) in [6.07, 6.45) is 5.98. The number of ether oxygens (including phenoxy) is 1. The van der Waals surface area contributed by atoms with E-state index in [4.69, 9.17) is 0 Å². The number of carbonyl (C=O) groups excluding carboxylic acids is 2. The van der Waals surface area contributed by atoms with Crippen LogP contribution in [0.3, 0.4) is 0 Å². The summed E-state index contributed by atoms with van der Waals surface area (Å²) in [4.78, 5) is 31.0. The maximum Gasteiger partial charge on any atom is 0.387 e. The highest BCUT2D eigenvalue weighted by molar-refractivity contribution is 5.79. The van der Waals surface area contributed by atoms with Crippen molar-refractivity contribution in [2.75, 3.05) is 39.8 Å². The standard InChI is InChI=1S/C22H31F2N3O3/c1-25(18-7-3-2-4-8-18)21(29)16-26-10-12-27(13-11-26)20(28)15-17-6-5-9-19(14-17)30-22(23)24/h5-6,9,14,18,22H,2-4,7-8,10-13,15-16H2,1H3. The molecule has 2 fully saturated rings. The lowest BCUT2D eigenvalue weighted by atomic mass is 9.94. The number of rotatable bonds is 7. The first kappa shape index (κ1) is 22.5. The molecule has 1 aliphatic heterocycles. The average Bonchev–Trinajstić information content (AvgIpc) is 2.74. The Kier molecular flexibility index (Phi) is 8.01. The first-order valence-corrected chi connectivity index (χ1v) is 10.7. The lowest BCUT2D eigenvalue weighted by Gasteiger charge is -2.37. The number of likely N-dealkylation sites (N-methyl/N-ethyl adjacent to an activating group) is 1. The normalized spacial score (nSPS) is 18.5. The van der Waals surface area contributed by atoms with Gasteiger partial charge in [0.15, 0.2) is 0 Å². The SMILES string of the molecule is CN(C(=O)CN1CCN(C(=O)Cc2cccc(OC(F)F)c2)CC1)C1CCCCC1. The third kappa shape index (κ3) is 6.39. The zero-order valence-corrected chi connectivity index (χ0v) is 17.6. The number of carbonyl (C=O) groups is 2. The average molecular weight is 424 g/mol. The van der Waals surface area contributed by atoms with E-state index in [0.29, 0.717) is 44.3 Å². The van der Waals surface area contributed by atoms with Crippen molar-refractivity contribution >= 4 is 11.8 Å². The zero-order valence-electron chi connectivity index (χ0n) is 17.6.